The van der Waals surface area contributed by atoms with Crippen LogP contribution in [0.5, 0.6) is 0 Å². The molecule has 122 valence electrons. The van der Waals surface area contributed by atoms with Gasteiger partial charge in [-0.25, -0.2) is 4.79 Å². The molecule has 8 nitrogen and oxygen atoms in total. The number of carbonyl (C=O) groups is 3. The van der Waals surface area contributed by atoms with E-state index in [0.29, 0.717) is 0 Å². The number of imide groups is 1. The summed E-state index contributed by atoms with van der Waals surface area (Å²) in [6.07, 6.45) is 0.173. The molecule has 1 atom stereocenters. The molecular formula is C14H22N4O4. The smallest absolute Gasteiger partial charge is 0.414 e. The second kappa shape index (κ2) is 8.67. The van der Waals surface area contributed by atoms with Crippen LogP contribution in [0.4, 0.5) is 4.79 Å². The van der Waals surface area contributed by atoms with Gasteiger partial charge in [0.25, 0.3) is 5.91 Å². The number of nitrogens with zero attached hydrogens (tertiary/aromatic N) is 1. The van der Waals surface area contributed by atoms with E-state index in [1.165, 1.54) is 7.05 Å². The number of ether oxygens (including phenoxy) is 1. The van der Waals surface area contributed by atoms with Crippen LogP contribution in [0.3, 0.4) is 0 Å². The van der Waals surface area contributed by atoms with E-state index in [0.717, 1.165) is 6.20 Å². The summed E-state index contributed by atoms with van der Waals surface area (Å²) >= 11 is 0. The zero-order valence-electron chi connectivity index (χ0n) is 13.4. The van der Waals surface area contributed by atoms with Crippen LogP contribution in [0.15, 0.2) is 11.8 Å². The molecule has 0 aromatic rings. The molecule has 0 aliphatic heterocycles. The number of amides is 3. The molecule has 0 heterocycles. The molecule has 8 heteroatoms. The predicted molar refractivity (Wildman–Crippen MR) is 79.3 cm³/mol. The van der Waals surface area contributed by atoms with Gasteiger partial charge in [-0.2, -0.15) is 5.26 Å². The number of likely N-dealkylation sites (N-methyl/N-ethyl adjacent to an activating group) is 1. The summed E-state index contributed by atoms with van der Waals surface area (Å²) < 4.78 is 4.55. The molecule has 0 fully saturated rings. The van der Waals surface area contributed by atoms with Crippen LogP contribution >= 0.6 is 0 Å². The second-order valence-electron chi connectivity index (χ2n) is 5.42. The monoisotopic (exact) mass is 310 g/mol. The van der Waals surface area contributed by atoms with Gasteiger partial charge in [0.15, 0.2) is 0 Å². The number of hydrogen-bond donors (Lipinski definition) is 3. The lowest BCUT2D eigenvalue weighted by Crippen LogP contribution is -2.49. The van der Waals surface area contributed by atoms with Crippen molar-refractivity contribution in [1.82, 2.24) is 16.0 Å². The van der Waals surface area contributed by atoms with Gasteiger partial charge < -0.3 is 15.4 Å². The van der Waals surface area contributed by atoms with E-state index in [1.807, 2.05) is 26.1 Å². The fraction of sp³-hybridized carbons (Fsp3) is 0.571. The highest BCUT2D eigenvalue weighted by atomic mass is 16.5. The van der Waals surface area contributed by atoms with Gasteiger partial charge in [-0.15, -0.1) is 0 Å². The summed E-state index contributed by atoms with van der Waals surface area (Å²) in [4.78, 5) is 34.7. The van der Waals surface area contributed by atoms with E-state index in [4.69, 9.17) is 5.26 Å². The molecule has 0 aromatic carbocycles. The van der Waals surface area contributed by atoms with Crippen molar-refractivity contribution >= 4 is 17.9 Å². The summed E-state index contributed by atoms with van der Waals surface area (Å²) in [6, 6.07) is 1.00. The van der Waals surface area contributed by atoms with Crippen molar-refractivity contribution in [1.29, 1.82) is 5.26 Å². The molecule has 0 spiro atoms. The Bertz CT molecular complexity index is 500. The molecule has 1 unspecified atom stereocenters. The fourth-order valence-corrected chi connectivity index (χ4v) is 1.51. The van der Waals surface area contributed by atoms with Crippen LogP contribution in [0.2, 0.25) is 0 Å². The number of nitrogens with one attached hydrogen (secondary N) is 3. The topological polar surface area (TPSA) is 120 Å². The van der Waals surface area contributed by atoms with Crippen molar-refractivity contribution in [3.63, 3.8) is 0 Å². The molecule has 22 heavy (non-hydrogen) atoms. The van der Waals surface area contributed by atoms with E-state index in [-0.39, 0.29) is 18.1 Å². The second-order valence-corrected chi connectivity index (χ2v) is 5.42. The Hall–Kier alpha value is -2.56. The minimum Gasteiger partial charge on any atom is -0.450 e. The molecule has 3 N–H and O–H groups in total. The Labute approximate surface area is 129 Å². The molecule has 0 aliphatic rings. The van der Waals surface area contributed by atoms with Crippen molar-refractivity contribution < 1.29 is 19.1 Å². The molecule has 0 bridgehead atoms. The molecule has 3 amide bonds. The Morgan fingerprint density at radius 3 is 2.32 bits per heavy atom. The van der Waals surface area contributed by atoms with Gasteiger partial charge in [0.05, 0.1) is 6.61 Å². The third-order valence-electron chi connectivity index (χ3n) is 2.63. The quantitative estimate of drug-likeness (QED) is 0.500. The molecule has 0 aromatic heterocycles. The van der Waals surface area contributed by atoms with Crippen molar-refractivity contribution in [2.75, 3.05) is 13.7 Å². The van der Waals surface area contributed by atoms with Crippen LogP contribution in [0, 0.1) is 16.7 Å². The van der Waals surface area contributed by atoms with E-state index >= 15 is 0 Å². The predicted octanol–water partition coefficient (Wildman–Crippen LogP) is 0.417. The SMILES string of the molecule is CCOC(=O)NC(=O)C(C#N)=CNC(C(=O)NC)C(C)(C)C. The minimum atomic E-state index is -0.938. The lowest BCUT2D eigenvalue weighted by Gasteiger charge is -2.29. The maximum absolute atomic E-state index is 11.8. The fourth-order valence-electron chi connectivity index (χ4n) is 1.51. The first kappa shape index (κ1) is 19.4. The first-order chi connectivity index (χ1) is 10.2. The summed E-state index contributed by atoms with van der Waals surface area (Å²) in [7, 11) is 1.49. The van der Waals surface area contributed by atoms with Gasteiger partial charge in [-0.3, -0.25) is 14.9 Å². The van der Waals surface area contributed by atoms with Crippen LogP contribution in [0.1, 0.15) is 27.7 Å². The molecule has 0 aliphatic carbocycles. The first-order valence-electron chi connectivity index (χ1n) is 6.73. The van der Waals surface area contributed by atoms with Gasteiger partial charge in [0.1, 0.15) is 17.7 Å². The third kappa shape index (κ3) is 6.26. The highest BCUT2D eigenvalue weighted by Crippen LogP contribution is 2.19. The van der Waals surface area contributed by atoms with Crippen LogP contribution in [0.25, 0.3) is 0 Å². The number of carbonyl (C=O) groups excluding carboxylic acids is 3. The van der Waals surface area contributed by atoms with Gasteiger partial charge >= 0.3 is 6.09 Å². The molecule has 0 saturated heterocycles. The van der Waals surface area contributed by atoms with Gasteiger partial charge in [-0.1, -0.05) is 20.8 Å². The van der Waals surface area contributed by atoms with E-state index in [2.05, 4.69) is 15.4 Å². The van der Waals surface area contributed by atoms with E-state index < -0.39 is 23.5 Å². The number of hydrogen-bond acceptors (Lipinski definition) is 6. The van der Waals surface area contributed by atoms with Gasteiger partial charge in [0, 0.05) is 13.2 Å². The zero-order valence-corrected chi connectivity index (χ0v) is 13.4. The number of alkyl carbamates (subject to hydrolysis) is 1. The van der Waals surface area contributed by atoms with Crippen LogP contribution < -0.4 is 16.0 Å². The van der Waals surface area contributed by atoms with Gasteiger partial charge in [-0.05, 0) is 12.3 Å². The van der Waals surface area contributed by atoms with Crippen molar-refractivity contribution in [2.45, 2.75) is 33.7 Å². The number of rotatable bonds is 5. The average Bonchev–Trinajstić information content (AvgIpc) is 2.41. The first-order valence-corrected chi connectivity index (χ1v) is 6.73. The lowest BCUT2D eigenvalue weighted by molar-refractivity contribution is -0.125. The molecular weight excluding hydrogens is 288 g/mol. The normalized spacial score (nSPS) is 12.6. The maximum Gasteiger partial charge on any atom is 0.414 e. The Morgan fingerprint density at radius 2 is 1.91 bits per heavy atom. The van der Waals surface area contributed by atoms with E-state index in [9.17, 15) is 14.4 Å². The molecule has 0 saturated carbocycles. The summed E-state index contributed by atoms with van der Waals surface area (Å²) in [5.41, 5.74) is -0.791. The zero-order chi connectivity index (χ0) is 17.3. The third-order valence-corrected chi connectivity index (χ3v) is 2.63. The van der Waals surface area contributed by atoms with Crippen molar-refractivity contribution in [2.24, 2.45) is 5.41 Å². The van der Waals surface area contributed by atoms with Gasteiger partial charge in [0.2, 0.25) is 5.91 Å². The summed E-state index contributed by atoms with van der Waals surface area (Å²) in [5.74, 6) is -1.19. The Kier molecular flexibility index (Phi) is 7.66. The standard InChI is InChI=1S/C14H22N4O4/c1-6-22-13(21)18-11(19)9(7-15)8-17-10(12(20)16-5)14(2,3)4/h8,10,17H,6H2,1-5H3,(H,16,20)(H,18,19,21). The van der Waals surface area contributed by atoms with Crippen molar-refractivity contribution in [3.8, 4) is 6.07 Å². The minimum absolute atomic E-state index is 0.103. The highest BCUT2D eigenvalue weighted by Gasteiger charge is 2.30. The van der Waals surface area contributed by atoms with Crippen molar-refractivity contribution in [3.05, 3.63) is 11.8 Å². The molecule has 0 rings (SSSR count). The maximum atomic E-state index is 11.8. The Morgan fingerprint density at radius 1 is 1.32 bits per heavy atom. The number of nitriles is 1. The van der Waals surface area contributed by atoms with E-state index in [1.54, 1.807) is 13.0 Å². The average molecular weight is 310 g/mol. The highest BCUT2D eigenvalue weighted by molar-refractivity contribution is 6.04. The molecule has 0 radical (unpaired) electrons. The Balaban J connectivity index is 5.04. The summed E-state index contributed by atoms with van der Waals surface area (Å²) in [6.45, 7) is 7.19. The summed E-state index contributed by atoms with van der Waals surface area (Å²) in [5, 5.41) is 16.1. The van der Waals surface area contributed by atoms with Crippen LogP contribution in [-0.2, 0) is 14.3 Å². The largest absolute Gasteiger partial charge is 0.450 e. The van der Waals surface area contributed by atoms with Crippen LogP contribution in [-0.4, -0.2) is 37.6 Å². The lowest BCUT2D eigenvalue weighted by atomic mass is 9.86.